The molecule has 0 saturated carbocycles. The van der Waals surface area contributed by atoms with Gasteiger partial charge in [-0.25, -0.2) is 24.0 Å². The molecule has 3 heterocycles. The lowest BCUT2D eigenvalue weighted by Crippen LogP contribution is -2.22. The Balaban J connectivity index is 1.75. The van der Waals surface area contributed by atoms with Gasteiger partial charge >= 0.3 is 6.01 Å². The first-order valence-corrected chi connectivity index (χ1v) is 11.1. The third kappa shape index (κ3) is 5.80. The lowest BCUT2D eigenvalue weighted by molar-refractivity contribution is 0.172. The molecule has 0 aliphatic heterocycles. The SMILES string of the molecule is CSCc1ncc(Cn2nc(-c3cnc(OCC(C)(F)P)nc3)ccc2=O)s1. The summed E-state index contributed by atoms with van der Waals surface area (Å²) in [5, 5.41) is 3.87. The molecule has 0 spiro atoms. The van der Waals surface area contributed by atoms with Gasteiger partial charge in [-0.2, -0.15) is 16.9 Å². The molecule has 0 saturated heterocycles. The summed E-state index contributed by atoms with van der Waals surface area (Å²) < 4.78 is 20.1. The number of hydrogen-bond acceptors (Lipinski definition) is 8. The number of thiazole rings is 1. The fraction of sp³-hybridized carbons (Fsp3) is 0.353. The van der Waals surface area contributed by atoms with Crippen molar-refractivity contribution in [2.24, 2.45) is 0 Å². The van der Waals surface area contributed by atoms with Gasteiger partial charge in [-0.15, -0.1) is 11.3 Å². The normalized spacial score (nSPS) is 13.3. The molecule has 7 nitrogen and oxygen atoms in total. The maximum atomic E-state index is 13.5. The molecule has 0 fully saturated rings. The molecule has 2 unspecified atom stereocenters. The predicted molar refractivity (Wildman–Crippen MR) is 113 cm³/mol. The van der Waals surface area contributed by atoms with Crippen LogP contribution >= 0.6 is 32.3 Å². The average Bonchev–Trinajstić information content (AvgIpc) is 3.09. The van der Waals surface area contributed by atoms with E-state index < -0.39 is 5.41 Å². The van der Waals surface area contributed by atoms with Gasteiger partial charge in [0.2, 0.25) is 0 Å². The maximum Gasteiger partial charge on any atom is 0.316 e. The average molecular weight is 439 g/mol. The van der Waals surface area contributed by atoms with Crippen molar-refractivity contribution >= 4 is 32.3 Å². The predicted octanol–water partition coefficient (Wildman–Crippen LogP) is 3.01. The van der Waals surface area contributed by atoms with Crippen molar-refractivity contribution in [2.75, 3.05) is 12.9 Å². The van der Waals surface area contributed by atoms with E-state index in [2.05, 4.69) is 29.3 Å². The summed E-state index contributed by atoms with van der Waals surface area (Å²) >= 11 is 3.27. The van der Waals surface area contributed by atoms with E-state index in [1.807, 2.05) is 6.26 Å². The van der Waals surface area contributed by atoms with Crippen molar-refractivity contribution in [2.45, 2.75) is 24.6 Å². The van der Waals surface area contributed by atoms with Crippen LogP contribution in [0.4, 0.5) is 4.39 Å². The minimum absolute atomic E-state index is 0.0781. The lowest BCUT2D eigenvalue weighted by atomic mass is 10.2. The standard InChI is InChI=1S/C17H19FN5O2PS2/c1-17(18,26)10-25-16-20-5-11(6-21-16)13-3-4-15(24)23(22-13)8-12-7-19-14(28-12)9-27-2/h3-7H,8-10,26H2,1-2H3. The quantitative estimate of drug-likeness (QED) is 0.499. The Hall–Kier alpha value is -1.90. The molecule has 11 heteroatoms. The van der Waals surface area contributed by atoms with Crippen LogP contribution in [0.25, 0.3) is 11.3 Å². The second-order valence-electron chi connectivity index (χ2n) is 6.19. The topological polar surface area (TPSA) is 82.8 Å². The summed E-state index contributed by atoms with van der Waals surface area (Å²) in [6, 6.07) is 3.15. The highest BCUT2D eigenvalue weighted by molar-refractivity contribution is 7.97. The van der Waals surface area contributed by atoms with Crippen LogP contribution in [0.15, 0.2) is 35.5 Å². The van der Waals surface area contributed by atoms with E-state index in [-0.39, 0.29) is 18.2 Å². The molecule has 2 atom stereocenters. The van der Waals surface area contributed by atoms with Crippen LogP contribution in [-0.2, 0) is 12.3 Å². The first kappa shape index (κ1) is 20.8. The number of hydrogen-bond donors (Lipinski definition) is 0. The summed E-state index contributed by atoms with van der Waals surface area (Å²) in [4.78, 5) is 25.6. The Bertz CT molecular complexity index is 988. The van der Waals surface area contributed by atoms with Crippen LogP contribution in [-0.4, -0.2) is 43.0 Å². The molecule has 3 rings (SSSR count). The van der Waals surface area contributed by atoms with E-state index in [0.717, 1.165) is 15.6 Å². The zero-order valence-corrected chi connectivity index (χ0v) is 18.1. The van der Waals surface area contributed by atoms with Gasteiger partial charge in [0.15, 0.2) is 5.41 Å². The summed E-state index contributed by atoms with van der Waals surface area (Å²) in [6.45, 7) is 1.56. The second kappa shape index (κ2) is 9.07. The van der Waals surface area contributed by atoms with Crippen molar-refractivity contribution in [1.82, 2.24) is 24.7 Å². The molecule has 148 valence electrons. The maximum absolute atomic E-state index is 13.5. The molecular formula is C17H19FN5O2PS2. The van der Waals surface area contributed by atoms with E-state index in [1.54, 1.807) is 35.4 Å². The number of rotatable bonds is 8. The Morgan fingerprint density at radius 2 is 2.04 bits per heavy atom. The highest BCUT2D eigenvalue weighted by Gasteiger charge is 2.17. The van der Waals surface area contributed by atoms with Gasteiger partial charge in [0.1, 0.15) is 11.6 Å². The molecule has 0 bridgehead atoms. The summed E-state index contributed by atoms with van der Waals surface area (Å²) in [7, 11) is 2.05. The number of alkyl halides is 1. The molecular weight excluding hydrogens is 420 g/mol. The number of halogens is 1. The number of aromatic nitrogens is 5. The summed E-state index contributed by atoms with van der Waals surface area (Å²) in [5.74, 6) is 0.844. The highest BCUT2D eigenvalue weighted by atomic mass is 32.2. The molecule has 28 heavy (non-hydrogen) atoms. The van der Waals surface area contributed by atoms with Gasteiger partial charge in [0.25, 0.3) is 5.56 Å². The Morgan fingerprint density at radius 3 is 2.71 bits per heavy atom. The summed E-state index contributed by atoms with van der Waals surface area (Å²) in [5.41, 5.74) is 0.982. The van der Waals surface area contributed by atoms with Crippen LogP contribution in [0.5, 0.6) is 6.01 Å². The molecule has 3 aromatic heterocycles. The Morgan fingerprint density at radius 1 is 1.29 bits per heavy atom. The molecule has 0 N–H and O–H groups in total. The Labute approximate surface area is 172 Å². The van der Waals surface area contributed by atoms with Gasteiger partial charge < -0.3 is 4.74 Å². The largest absolute Gasteiger partial charge is 0.460 e. The van der Waals surface area contributed by atoms with Crippen LogP contribution < -0.4 is 10.3 Å². The monoisotopic (exact) mass is 439 g/mol. The third-order valence-corrected chi connectivity index (χ3v) is 5.34. The van der Waals surface area contributed by atoms with E-state index in [1.165, 1.54) is 30.1 Å². The van der Waals surface area contributed by atoms with Crippen molar-refractivity contribution in [3.05, 3.63) is 51.0 Å². The lowest BCUT2D eigenvalue weighted by Gasteiger charge is -2.13. The van der Waals surface area contributed by atoms with Crippen molar-refractivity contribution < 1.29 is 9.13 Å². The van der Waals surface area contributed by atoms with Gasteiger partial charge in [0, 0.05) is 40.9 Å². The first-order chi connectivity index (χ1) is 13.3. The van der Waals surface area contributed by atoms with E-state index >= 15 is 0 Å². The van der Waals surface area contributed by atoms with Crippen LogP contribution in [0, 0.1) is 0 Å². The number of ether oxygens (including phenoxy) is 1. The van der Waals surface area contributed by atoms with Crippen molar-refractivity contribution in [3.8, 4) is 17.3 Å². The smallest absolute Gasteiger partial charge is 0.316 e. The zero-order chi connectivity index (χ0) is 20.1. The van der Waals surface area contributed by atoms with Gasteiger partial charge in [-0.3, -0.25) is 4.79 Å². The molecule has 0 radical (unpaired) electrons. The van der Waals surface area contributed by atoms with Gasteiger partial charge in [-0.1, -0.05) is 9.24 Å². The first-order valence-electron chi connectivity index (χ1n) is 8.28. The number of nitrogens with zero attached hydrogens (tertiary/aromatic N) is 5. The highest BCUT2D eigenvalue weighted by Crippen LogP contribution is 2.21. The third-order valence-electron chi connectivity index (χ3n) is 3.45. The van der Waals surface area contributed by atoms with Gasteiger partial charge in [-0.05, 0) is 19.2 Å². The molecule has 0 aromatic carbocycles. The molecule has 0 amide bonds. The van der Waals surface area contributed by atoms with Gasteiger partial charge in [0.05, 0.1) is 12.2 Å². The number of thioether (sulfide) groups is 1. The van der Waals surface area contributed by atoms with E-state index in [4.69, 9.17) is 4.74 Å². The second-order valence-corrected chi connectivity index (χ2v) is 9.46. The van der Waals surface area contributed by atoms with Crippen molar-refractivity contribution in [1.29, 1.82) is 0 Å². The minimum atomic E-state index is -1.55. The minimum Gasteiger partial charge on any atom is -0.460 e. The Kier molecular flexibility index (Phi) is 6.74. The van der Waals surface area contributed by atoms with Crippen LogP contribution in [0.3, 0.4) is 0 Å². The van der Waals surface area contributed by atoms with E-state index in [0.29, 0.717) is 17.8 Å². The zero-order valence-electron chi connectivity index (χ0n) is 15.3. The fourth-order valence-corrected chi connectivity index (χ4v) is 3.90. The molecule has 0 aliphatic rings. The molecule has 3 aromatic rings. The van der Waals surface area contributed by atoms with Crippen molar-refractivity contribution in [3.63, 3.8) is 0 Å². The fourth-order valence-electron chi connectivity index (χ4n) is 2.20. The molecule has 0 aliphatic carbocycles. The van der Waals surface area contributed by atoms with E-state index in [9.17, 15) is 9.18 Å². The summed E-state index contributed by atoms with van der Waals surface area (Å²) in [6.07, 6.45) is 6.85. The van der Waals surface area contributed by atoms with Crippen LogP contribution in [0.1, 0.15) is 16.8 Å². The van der Waals surface area contributed by atoms with Crippen LogP contribution in [0.2, 0.25) is 0 Å².